The van der Waals surface area contributed by atoms with Gasteiger partial charge in [-0.05, 0) is 19.1 Å². The zero-order valence-corrected chi connectivity index (χ0v) is 10.5. The predicted octanol–water partition coefficient (Wildman–Crippen LogP) is 0.225. The summed E-state index contributed by atoms with van der Waals surface area (Å²) in [6.07, 6.45) is 0. The highest BCUT2D eigenvalue weighted by atomic mass is 16.5. The molecular formula is C12H17N3O3. The molecule has 18 heavy (non-hydrogen) atoms. The first kappa shape index (κ1) is 13.8. The van der Waals surface area contributed by atoms with Gasteiger partial charge < -0.3 is 21.1 Å². The number of hydrogen-bond acceptors (Lipinski definition) is 4. The number of amides is 2. The van der Waals surface area contributed by atoms with Crippen molar-refractivity contribution in [3.05, 3.63) is 23.8 Å². The molecule has 6 heteroatoms. The number of anilines is 1. The predicted molar refractivity (Wildman–Crippen MR) is 68.2 cm³/mol. The van der Waals surface area contributed by atoms with Crippen molar-refractivity contribution < 1.29 is 14.3 Å². The maximum atomic E-state index is 11.6. The van der Waals surface area contributed by atoms with Crippen LogP contribution in [0.1, 0.15) is 17.3 Å². The molecule has 0 unspecified atom stereocenters. The van der Waals surface area contributed by atoms with E-state index in [1.165, 1.54) is 17.0 Å². The van der Waals surface area contributed by atoms with Crippen molar-refractivity contribution in [1.82, 2.24) is 4.90 Å². The van der Waals surface area contributed by atoms with Crippen molar-refractivity contribution in [2.75, 3.05) is 25.9 Å². The molecule has 0 aliphatic heterocycles. The van der Waals surface area contributed by atoms with E-state index in [4.69, 9.17) is 16.2 Å². The zero-order chi connectivity index (χ0) is 13.7. The number of nitrogens with two attached hydrogens (primary N) is 2. The van der Waals surface area contributed by atoms with Gasteiger partial charge in [0.05, 0.1) is 5.56 Å². The van der Waals surface area contributed by atoms with E-state index < -0.39 is 5.91 Å². The normalized spacial score (nSPS) is 9.89. The average molecular weight is 251 g/mol. The van der Waals surface area contributed by atoms with Gasteiger partial charge in [-0.3, -0.25) is 9.59 Å². The number of hydrogen-bond donors (Lipinski definition) is 2. The van der Waals surface area contributed by atoms with Crippen molar-refractivity contribution in [1.29, 1.82) is 0 Å². The van der Waals surface area contributed by atoms with Crippen molar-refractivity contribution in [2.24, 2.45) is 5.73 Å². The van der Waals surface area contributed by atoms with Crippen LogP contribution in [0.2, 0.25) is 0 Å². The van der Waals surface area contributed by atoms with Crippen molar-refractivity contribution >= 4 is 17.5 Å². The molecular weight excluding hydrogens is 234 g/mol. The first-order valence-electron chi connectivity index (χ1n) is 5.51. The van der Waals surface area contributed by atoms with Crippen LogP contribution in [-0.2, 0) is 4.79 Å². The second-order valence-electron chi connectivity index (χ2n) is 3.82. The Hall–Kier alpha value is -2.24. The number of nitrogens with zero attached hydrogens (tertiary/aromatic N) is 1. The first-order chi connectivity index (χ1) is 8.45. The Bertz CT molecular complexity index is 460. The van der Waals surface area contributed by atoms with Gasteiger partial charge in [0.1, 0.15) is 5.75 Å². The Morgan fingerprint density at radius 3 is 2.61 bits per heavy atom. The van der Waals surface area contributed by atoms with Crippen LogP contribution >= 0.6 is 0 Å². The summed E-state index contributed by atoms with van der Waals surface area (Å²) in [4.78, 5) is 24.3. The number of likely N-dealkylation sites (N-methyl/N-ethyl adjacent to an activating group) is 1. The number of rotatable bonds is 5. The molecule has 0 fully saturated rings. The fraction of sp³-hybridized carbons (Fsp3) is 0.333. The van der Waals surface area contributed by atoms with Gasteiger partial charge in [-0.1, -0.05) is 0 Å². The van der Waals surface area contributed by atoms with E-state index in [2.05, 4.69) is 0 Å². The highest BCUT2D eigenvalue weighted by molar-refractivity contribution is 5.96. The summed E-state index contributed by atoms with van der Waals surface area (Å²) in [6, 6.07) is 4.49. The van der Waals surface area contributed by atoms with Crippen LogP contribution < -0.4 is 16.2 Å². The minimum absolute atomic E-state index is 0.159. The molecule has 0 heterocycles. The summed E-state index contributed by atoms with van der Waals surface area (Å²) in [5, 5.41) is 0. The minimum Gasteiger partial charge on any atom is -0.483 e. The molecule has 0 saturated carbocycles. The molecule has 0 aliphatic carbocycles. The highest BCUT2D eigenvalue weighted by Gasteiger charge is 2.13. The van der Waals surface area contributed by atoms with Gasteiger partial charge in [0.2, 0.25) is 0 Å². The Morgan fingerprint density at radius 2 is 2.06 bits per heavy atom. The van der Waals surface area contributed by atoms with Crippen LogP contribution in [0.25, 0.3) is 0 Å². The number of ether oxygens (including phenoxy) is 1. The monoisotopic (exact) mass is 251 g/mol. The lowest BCUT2D eigenvalue weighted by Gasteiger charge is -2.15. The number of benzene rings is 1. The van der Waals surface area contributed by atoms with Crippen molar-refractivity contribution in [3.8, 4) is 5.75 Å². The molecule has 0 saturated heterocycles. The summed E-state index contributed by atoms with van der Waals surface area (Å²) in [6.45, 7) is 2.28. The molecule has 4 N–H and O–H groups in total. The highest BCUT2D eigenvalue weighted by Crippen LogP contribution is 2.21. The number of primary amides is 1. The smallest absolute Gasteiger partial charge is 0.260 e. The van der Waals surface area contributed by atoms with Gasteiger partial charge >= 0.3 is 0 Å². The summed E-state index contributed by atoms with van der Waals surface area (Å²) in [5.74, 6) is -0.586. The lowest BCUT2D eigenvalue weighted by Crippen LogP contribution is -2.31. The standard InChI is InChI=1S/C12H17N3O3/c1-3-15(2)11(16)7-18-10-6-8(13)4-5-9(10)12(14)17/h4-6H,3,7,13H2,1-2H3,(H2,14,17). The molecule has 0 aliphatic rings. The molecule has 6 nitrogen and oxygen atoms in total. The zero-order valence-electron chi connectivity index (χ0n) is 10.5. The van der Waals surface area contributed by atoms with Crippen LogP contribution in [0.4, 0.5) is 5.69 Å². The Morgan fingerprint density at radius 1 is 1.39 bits per heavy atom. The maximum Gasteiger partial charge on any atom is 0.260 e. The van der Waals surface area contributed by atoms with E-state index in [-0.39, 0.29) is 23.8 Å². The molecule has 0 atom stereocenters. The van der Waals surface area contributed by atoms with Gasteiger partial charge in [-0.2, -0.15) is 0 Å². The quantitative estimate of drug-likeness (QED) is 0.731. The molecule has 98 valence electrons. The second kappa shape index (κ2) is 5.90. The van der Waals surface area contributed by atoms with Crippen LogP contribution in [0.3, 0.4) is 0 Å². The Labute approximate surface area is 105 Å². The lowest BCUT2D eigenvalue weighted by atomic mass is 10.1. The van der Waals surface area contributed by atoms with Gasteiger partial charge in [0.25, 0.3) is 11.8 Å². The molecule has 1 rings (SSSR count). The van der Waals surface area contributed by atoms with Crippen LogP contribution in [-0.4, -0.2) is 36.9 Å². The van der Waals surface area contributed by atoms with Gasteiger partial charge in [-0.25, -0.2) is 0 Å². The average Bonchev–Trinajstić information content (AvgIpc) is 2.34. The van der Waals surface area contributed by atoms with E-state index >= 15 is 0 Å². The summed E-state index contributed by atoms with van der Waals surface area (Å²) in [7, 11) is 1.67. The number of nitrogen functional groups attached to an aromatic ring is 1. The SMILES string of the molecule is CCN(C)C(=O)COc1cc(N)ccc1C(N)=O. The molecule has 0 spiro atoms. The topological polar surface area (TPSA) is 98.7 Å². The lowest BCUT2D eigenvalue weighted by molar-refractivity contribution is -0.131. The Balaban J connectivity index is 2.81. The van der Waals surface area contributed by atoms with E-state index in [9.17, 15) is 9.59 Å². The number of carbonyl (C=O) groups is 2. The molecule has 1 aromatic carbocycles. The largest absolute Gasteiger partial charge is 0.483 e. The van der Waals surface area contributed by atoms with E-state index in [0.29, 0.717) is 12.2 Å². The molecule has 2 amide bonds. The molecule has 0 bridgehead atoms. The first-order valence-corrected chi connectivity index (χ1v) is 5.51. The van der Waals surface area contributed by atoms with Crippen LogP contribution in [0.5, 0.6) is 5.75 Å². The van der Waals surface area contributed by atoms with Crippen molar-refractivity contribution in [3.63, 3.8) is 0 Å². The third-order valence-corrected chi connectivity index (χ3v) is 2.52. The van der Waals surface area contributed by atoms with Crippen molar-refractivity contribution in [2.45, 2.75) is 6.92 Å². The van der Waals surface area contributed by atoms with Crippen LogP contribution in [0.15, 0.2) is 18.2 Å². The molecule has 1 aromatic rings. The second-order valence-corrected chi connectivity index (χ2v) is 3.82. The fourth-order valence-electron chi connectivity index (χ4n) is 1.29. The molecule has 0 radical (unpaired) electrons. The number of carbonyl (C=O) groups excluding carboxylic acids is 2. The maximum absolute atomic E-state index is 11.6. The van der Waals surface area contributed by atoms with E-state index in [1.54, 1.807) is 13.1 Å². The minimum atomic E-state index is -0.624. The third-order valence-electron chi connectivity index (χ3n) is 2.52. The summed E-state index contributed by atoms with van der Waals surface area (Å²) in [5.41, 5.74) is 11.4. The molecule has 0 aromatic heterocycles. The van der Waals surface area contributed by atoms with E-state index in [0.717, 1.165) is 0 Å². The van der Waals surface area contributed by atoms with Gasteiger partial charge in [-0.15, -0.1) is 0 Å². The fourth-order valence-corrected chi connectivity index (χ4v) is 1.29. The van der Waals surface area contributed by atoms with Gasteiger partial charge in [0.15, 0.2) is 6.61 Å². The van der Waals surface area contributed by atoms with Crippen LogP contribution in [0, 0.1) is 0 Å². The van der Waals surface area contributed by atoms with Gasteiger partial charge in [0, 0.05) is 25.3 Å². The summed E-state index contributed by atoms with van der Waals surface area (Å²) >= 11 is 0. The van der Waals surface area contributed by atoms with E-state index in [1.807, 2.05) is 6.92 Å². The Kier molecular flexibility index (Phi) is 4.53. The third kappa shape index (κ3) is 3.38. The summed E-state index contributed by atoms with van der Waals surface area (Å²) < 4.78 is 5.29.